The topological polar surface area (TPSA) is 50.8 Å². The number of nitrogens with one attached hydrogen (secondary N) is 1. The number of fused-ring (bicyclic) bond motifs is 1. The molecule has 1 aliphatic heterocycles. The maximum atomic E-state index is 12.3. The predicted octanol–water partition coefficient (Wildman–Crippen LogP) is 3.48. The normalized spacial score (nSPS) is 12.5. The number of hydrogen-bond donors (Lipinski definition) is 1. The third-order valence-electron chi connectivity index (χ3n) is 3.81. The fourth-order valence-corrected chi connectivity index (χ4v) is 3.05. The lowest BCUT2D eigenvalue weighted by atomic mass is 10.2. The maximum Gasteiger partial charge on any atom is 0.238 e. The Morgan fingerprint density at radius 3 is 2.79 bits per heavy atom. The molecule has 24 heavy (non-hydrogen) atoms. The van der Waals surface area contributed by atoms with Crippen LogP contribution in [0.4, 0.5) is 5.69 Å². The van der Waals surface area contributed by atoms with Crippen molar-refractivity contribution in [2.45, 2.75) is 13.5 Å². The average Bonchev–Trinajstić information content (AvgIpc) is 3.04. The van der Waals surface area contributed by atoms with Crippen LogP contribution in [0.3, 0.4) is 0 Å². The molecular formula is C18H19IN2O3. The molecule has 1 aliphatic rings. The molecule has 6 heteroatoms. The van der Waals surface area contributed by atoms with Crippen molar-refractivity contribution in [1.82, 2.24) is 4.90 Å². The highest BCUT2D eigenvalue weighted by molar-refractivity contribution is 14.1. The number of ether oxygens (including phenoxy) is 2. The number of rotatable bonds is 6. The molecule has 1 heterocycles. The van der Waals surface area contributed by atoms with Gasteiger partial charge in [-0.05, 0) is 59.0 Å². The monoisotopic (exact) mass is 438 g/mol. The van der Waals surface area contributed by atoms with Crippen LogP contribution in [0.5, 0.6) is 11.5 Å². The lowest BCUT2D eigenvalue weighted by Gasteiger charge is -2.20. The van der Waals surface area contributed by atoms with Gasteiger partial charge >= 0.3 is 0 Å². The molecule has 0 saturated heterocycles. The lowest BCUT2D eigenvalue weighted by Crippen LogP contribution is -2.32. The van der Waals surface area contributed by atoms with E-state index in [1.807, 2.05) is 49.4 Å². The molecule has 1 N–H and O–H groups in total. The minimum atomic E-state index is -0.0123. The van der Waals surface area contributed by atoms with Gasteiger partial charge < -0.3 is 14.8 Å². The standard InChI is InChI=1S/C18H19IN2O3/c1-2-21(10-13-7-8-16-17(9-13)24-12-23-16)11-18(22)20-15-6-4-3-5-14(15)19/h3-9H,2,10-12H2,1H3,(H,20,22). The molecule has 2 aromatic rings. The van der Waals surface area contributed by atoms with E-state index < -0.39 is 0 Å². The number of para-hydroxylation sites is 1. The van der Waals surface area contributed by atoms with Gasteiger partial charge in [-0.1, -0.05) is 25.1 Å². The summed E-state index contributed by atoms with van der Waals surface area (Å²) in [4.78, 5) is 14.4. The summed E-state index contributed by atoms with van der Waals surface area (Å²) in [5.41, 5.74) is 1.95. The molecule has 1 amide bonds. The highest BCUT2D eigenvalue weighted by Crippen LogP contribution is 2.32. The van der Waals surface area contributed by atoms with E-state index in [0.717, 1.165) is 32.9 Å². The highest BCUT2D eigenvalue weighted by Gasteiger charge is 2.15. The zero-order valence-electron chi connectivity index (χ0n) is 13.4. The Morgan fingerprint density at radius 2 is 2.00 bits per heavy atom. The molecule has 0 aromatic heterocycles. The third-order valence-corrected chi connectivity index (χ3v) is 4.75. The number of benzene rings is 2. The van der Waals surface area contributed by atoms with Crippen LogP contribution in [-0.4, -0.2) is 30.7 Å². The number of carbonyl (C=O) groups excluding carboxylic acids is 1. The van der Waals surface area contributed by atoms with Crippen LogP contribution in [-0.2, 0) is 11.3 Å². The second-order valence-corrected chi connectivity index (χ2v) is 6.68. The summed E-state index contributed by atoms with van der Waals surface area (Å²) in [6, 6.07) is 13.7. The molecule has 0 bridgehead atoms. The number of hydrogen-bond acceptors (Lipinski definition) is 4. The molecular weight excluding hydrogens is 419 g/mol. The van der Waals surface area contributed by atoms with Gasteiger partial charge in [0.25, 0.3) is 0 Å². The highest BCUT2D eigenvalue weighted by atomic mass is 127. The molecule has 0 saturated carbocycles. The predicted molar refractivity (Wildman–Crippen MR) is 101 cm³/mol. The summed E-state index contributed by atoms with van der Waals surface area (Å²) >= 11 is 2.22. The van der Waals surface area contributed by atoms with Crippen molar-refractivity contribution in [1.29, 1.82) is 0 Å². The Labute approximate surface area is 155 Å². The quantitative estimate of drug-likeness (QED) is 0.702. The van der Waals surface area contributed by atoms with Crippen molar-refractivity contribution in [3.8, 4) is 11.5 Å². The minimum Gasteiger partial charge on any atom is -0.454 e. The number of nitrogens with zero attached hydrogens (tertiary/aromatic N) is 1. The van der Waals surface area contributed by atoms with E-state index >= 15 is 0 Å². The van der Waals surface area contributed by atoms with Crippen molar-refractivity contribution in [3.05, 3.63) is 51.6 Å². The van der Waals surface area contributed by atoms with Gasteiger partial charge in [0.05, 0.1) is 12.2 Å². The minimum absolute atomic E-state index is 0.0123. The van der Waals surface area contributed by atoms with E-state index in [-0.39, 0.29) is 12.7 Å². The van der Waals surface area contributed by atoms with Crippen LogP contribution in [0.15, 0.2) is 42.5 Å². The number of likely N-dealkylation sites (N-methyl/N-ethyl adjacent to an activating group) is 1. The Balaban J connectivity index is 1.60. The van der Waals surface area contributed by atoms with Crippen LogP contribution >= 0.6 is 22.6 Å². The maximum absolute atomic E-state index is 12.3. The van der Waals surface area contributed by atoms with E-state index in [9.17, 15) is 4.79 Å². The molecule has 0 unspecified atom stereocenters. The summed E-state index contributed by atoms with van der Waals surface area (Å²) in [6.07, 6.45) is 0. The second kappa shape index (κ2) is 7.85. The summed E-state index contributed by atoms with van der Waals surface area (Å²) in [7, 11) is 0. The first kappa shape index (κ1) is 17.0. The van der Waals surface area contributed by atoms with Gasteiger partial charge in [-0.25, -0.2) is 0 Å². The van der Waals surface area contributed by atoms with E-state index in [4.69, 9.17) is 9.47 Å². The van der Waals surface area contributed by atoms with Gasteiger partial charge in [0.2, 0.25) is 12.7 Å². The van der Waals surface area contributed by atoms with Crippen molar-refractivity contribution in [3.63, 3.8) is 0 Å². The van der Waals surface area contributed by atoms with Gasteiger partial charge in [0.15, 0.2) is 11.5 Å². The molecule has 0 aliphatic carbocycles. The van der Waals surface area contributed by atoms with Crippen LogP contribution in [0, 0.1) is 3.57 Å². The van der Waals surface area contributed by atoms with E-state index in [0.29, 0.717) is 13.1 Å². The lowest BCUT2D eigenvalue weighted by molar-refractivity contribution is -0.117. The molecule has 2 aromatic carbocycles. The molecule has 126 valence electrons. The fraction of sp³-hybridized carbons (Fsp3) is 0.278. The average molecular weight is 438 g/mol. The SMILES string of the molecule is CCN(CC(=O)Nc1ccccc1I)Cc1ccc2c(c1)OCO2. The molecule has 0 fully saturated rings. The third kappa shape index (κ3) is 4.18. The molecule has 3 rings (SSSR count). The Morgan fingerprint density at radius 1 is 1.21 bits per heavy atom. The van der Waals surface area contributed by atoms with E-state index in [2.05, 4.69) is 32.8 Å². The van der Waals surface area contributed by atoms with Crippen LogP contribution in [0.2, 0.25) is 0 Å². The van der Waals surface area contributed by atoms with Crippen molar-refractivity contribution < 1.29 is 14.3 Å². The Bertz CT molecular complexity index is 736. The summed E-state index contributed by atoms with van der Waals surface area (Å²) in [5, 5.41) is 2.97. The summed E-state index contributed by atoms with van der Waals surface area (Å²) < 4.78 is 11.8. The van der Waals surface area contributed by atoms with Crippen LogP contribution in [0.1, 0.15) is 12.5 Å². The van der Waals surface area contributed by atoms with E-state index in [1.54, 1.807) is 0 Å². The van der Waals surface area contributed by atoms with Gasteiger partial charge in [-0.2, -0.15) is 0 Å². The van der Waals surface area contributed by atoms with Crippen LogP contribution < -0.4 is 14.8 Å². The van der Waals surface area contributed by atoms with Gasteiger partial charge in [0.1, 0.15) is 0 Å². The molecule has 0 atom stereocenters. The first-order chi connectivity index (χ1) is 11.7. The Kier molecular flexibility index (Phi) is 5.57. The second-order valence-electron chi connectivity index (χ2n) is 5.52. The van der Waals surface area contributed by atoms with E-state index in [1.165, 1.54) is 0 Å². The first-order valence-corrected chi connectivity index (χ1v) is 8.89. The zero-order chi connectivity index (χ0) is 16.9. The zero-order valence-corrected chi connectivity index (χ0v) is 15.6. The number of amides is 1. The number of halogens is 1. The number of anilines is 1. The fourth-order valence-electron chi connectivity index (χ4n) is 2.53. The molecule has 5 nitrogen and oxygen atoms in total. The first-order valence-electron chi connectivity index (χ1n) is 7.81. The van der Waals surface area contributed by atoms with Crippen molar-refractivity contribution >= 4 is 34.2 Å². The smallest absolute Gasteiger partial charge is 0.238 e. The number of carbonyl (C=O) groups is 1. The molecule has 0 spiro atoms. The van der Waals surface area contributed by atoms with Crippen molar-refractivity contribution in [2.75, 3.05) is 25.2 Å². The molecule has 0 radical (unpaired) electrons. The van der Waals surface area contributed by atoms with Crippen LogP contribution in [0.25, 0.3) is 0 Å². The largest absolute Gasteiger partial charge is 0.454 e. The van der Waals surface area contributed by atoms with Crippen molar-refractivity contribution in [2.24, 2.45) is 0 Å². The Hall–Kier alpha value is -1.80. The van der Waals surface area contributed by atoms with Gasteiger partial charge in [0, 0.05) is 10.1 Å². The van der Waals surface area contributed by atoms with Gasteiger partial charge in [-0.3, -0.25) is 9.69 Å². The summed E-state index contributed by atoms with van der Waals surface area (Å²) in [6.45, 7) is 4.14. The summed E-state index contributed by atoms with van der Waals surface area (Å²) in [5.74, 6) is 1.53. The van der Waals surface area contributed by atoms with Gasteiger partial charge in [-0.15, -0.1) is 0 Å².